The SMILES string of the molecule is CCCC(=O)Cc1cccc(C(=O)Nc2nn(C)c3c2CN(C(=O)N[C@H](CN(C)C)c2ccccc2)C3(C)C)c1. The molecule has 9 nitrogen and oxygen atoms in total. The number of rotatable bonds is 10. The minimum absolute atomic E-state index is 0.156. The summed E-state index contributed by atoms with van der Waals surface area (Å²) in [5.74, 6) is 0.288. The summed E-state index contributed by atoms with van der Waals surface area (Å²) in [5, 5.41) is 10.8. The summed E-state index contributed by atoms with van der Waals surface area (Å²) in [6, 6.07) is 16.7. The van der Waals surface area contributed by atoms with Crippen molar-refractivity contribution >= 4 is 23.5 Å². The van der Waals surface area contributed by atoms with Crippen molar-refractivity contribution in [1.82, 2.24) is 24.9 Å². The number of anilines is 1. The maximum atomic E-state index is 13.7. The highest BCUT2D eigenvalue weighted by Crippen LogP contribution is 2.42. The zero-order chi connectivity index (χ0) is 29.0. The first-order valence-corrected chi connectivity index (χ1v) is 13.8. The molecule has 212 valence electrons. The number of urea groups is 1. The van der Waals surface area contributed by atoms with Gasteiger partial charge in [-0.05, 0) is 57.6 Å². The number of aryl methyl sites for hydroxylation is 1. The molecule has 2 N–H and O–H groups in total. The highest BCUT2D eigenvalue weighted by Gasteiger charge is 2.45. The minimum atomic E-state index is -0.650. The molecule has 0 radical (unpaired) electrons. The van der Waals surface area contributed by atoms with Crippen molar-refractivity contribution in [3.05, 3.63) is 82.5 Å². The lowest BCUT2D eigenvalue weighted by Crippen LogP contribution is -2.49. The predicted molar refractivity (Wildman–Crippen MR) is 156 cm³/mol. The summed E-state index contributed by atoms with van der Waals surface area (Å²) in [7, 11) is 5.80. The second kappa shape index (κ2) is 12.0. The average Bonchev–Trinajstić information content (AvgIpc) is 3.37. The first-order valence-electron chi connectivity index (χ1n) is 13.8. The molecule has 0 unspecified atom stereocenters. The standard InChI is InChI=1S/C31H40N6O3/c1-7-12-24(38)18-21-13-11-16-23(17-21)29(39)33-28-25-19-37(31(2,3)27(25)36(6)34-28)30(40)32-26(20-35(4)5)22-14-9-8-10-15-22/h8-11,13-17,26H,7,12,18-20H2,1-6H3,(H,32,40)(H,33,34,39)/t26-/m1/s1. The van der Waals surface area contributed by atoms with E-state index in [0.717, 1.165) is 28.8 Å². The predicted octanol–water partition coefficient (Wildman–Crippen LogP) is 4.65. The largest absolute Gasteiger partial charge is 0.330 e. The molecule has 4 rings (SSSR count). The second-order valence-corrected chi connectivity index (χ2v) is 11.2. The van der Waals surface area contributed by atoms with Gasteiger partial charge in [0.25, 0.3) is 5.91 Å². The van der Waals surface area contributed by atoms with E-state index in [1.54, 1.807) is 27.8 Å². The number of amides is 3. The number of carbonyl (C=O) groups is 3. The Labute approximate surface area is 236 Å². The number of nitrogens with one attached hydrogen (secondary N) is 2. The third-order valence-electron chi connectivity index (χ3n) is 7.36. The molecule has 2 heterocycles. The van der Waals surface area contributed by atoms with Crippen molar-refractivity contribution < 1.29 is 14.4 Å². The van der Waals surface area contributed by atoms with Gasteiger partial charge in [0.1, 0.15) is 5.78 Å². The van der Waals surface area contributed by atoms with Crippen LogP contribution >= 0.6 is 0 Å². The maximum absolute atomic E-state index is 13.7. The van der Waals surface area contributed by atoms with E-state index in [1.807, 2.05) is 83.2 Å². The van der Waals surface area contributed by atoms with Crippen LogP contribution in [0.2, 0.25) is 0 Å². The Hall–Kier alpha value is -3.98. The smallest absolute Gasteiger partial charge is 0.319 e. The van der Waals surface area contributed by atoms with E-state index in [0.29, 0.717) is 37.3 Å². The van der Waals surface area contributed by atoms with Gasteiger partial charge in [0.15, 0.2) is 5.82 Å². The van der Waals surface area contributed by atoms with Crippen LogP contribution in [0.5, 0.6) is 0 Å². The van der Waals surface area contributed by atoms with Crippen LogP contribution in [0.1, 0.15) is 72.4 Å². The van der Waals surface area contributed by atoms with Gasteiger partial charge in [-0.2, -0.15) is 5.10 Å². The van der Waals surface area contributed by atoms with E-state index < -0.39 is 5.54 Å². The number of ketones is 1. The highest BCUT2D eigenvalue weighted by atomic mass is 16.2. The van der Waals surface area contributed by atoms with Gasteiger partial charge in [0, 0.05) is 37.6 Å². The van der Waals surface area contributed by atoms with Gasteiger partial charge in [-0.3, -0.25) is 14.3 Å². The number of likely N-dealkylation sites (N-methyl/N-ethyl adjacent to an activating group) is 1. The van der Waals surface area contributed by atoms with Gasteiger partial charge >= 0.3 is 6.03 Å². The van der Waals surface area contributed by atoms with Crippen LogP contribution in [0.4, 0.5) is 10.6 Å². The van der Waals surface area contributed by atoms with Gasteiger partial charge in [0.05, 0.1) is 23.8 Å². The number of hydrogen-bond acceptors (Lipinski definition) is 5. The molecule has 1 aromatic heterocycles. The fourth-order valence-corrected chi connectivity index (χ4v) is 5.50. The molecule has 0 aliphatic carbocycles. The van der Waals surface area contributed by atoms with E-state index in [9.17, 15) is 14.4 Å². The Kier molecular flexibility index (Phi) is 8.73. The summed E-state index contributed by atoms with van der Waals surface area (Å²) in [4.78, 5) is 42.9. The van der Waals surface area contributed by atoms with E-state index >= 15 is 0 Å². The van der Waals surface area contributed by atoms with Crippen LogP contribution in [0.25, 0.3) is 0 Å². The molecule has 1 aliphatic heterocycles. The van der Waals surface area contributed by atoms with Crippen LogP contribution < -0.4 is 10.6 Å². The normalized spacial score (nSPS) is 14.6. The van der Waals surface area contributed by atoms with E-state index in [1.165, 1.54) is 0 Å². The Morgan fingerprint density at radius 3 is 2.48 bits per heavy atom. The molecule has 0 spiro atoms. The van der Waals surface area contributed by atoms with Crippen molar-refractivity contribution in [2.75, 3.05) is 26.0 Å². The number of Topliss-reactive ketones (excluding diaryl/α,β-unsaturated/α-hetero) is 1. The topological polar surface area (TPSA) is 99.6 Å². The Morgan fingerprint density at radius 1 is 1.07 bits per heavy atom. The van der Waals surface area contributed by atoms with E-state index in [-0.39, 0.29) is 23.8 Å². The van der Waals surface area contributed by atoms with Crippen molar-refractivity contribution in [1.29, 1.82) is 0 Å². The first-order chi connectivity index (χ1) is 19.0. The van der Waals surface area contributed by atoms with E-state index in [2.05, 4.69) is 15.7 Å². The number of aromatic nitrogens is 2. The zero-order valence-electron chi connectivity index (χ0n) is 24.3. The summed E-state index contributed by atoms with van der Waals surface area (Å²) in [5.41, 5.74) is 3.35. The van der Waals surface area contributed by atoms with Crippen LogP contribution in [-0.2, 0) is 30.3 Å². The van der Waals surface area contributed by atoms with Gasteiger partial charge in [0.2, 0.25) is 0 Å². The molecule has 0 saturated heterocycles. The van der Waals surface area contributed by atoms with Gasteiger partial charge in [-0.25, -0.2) is 4.79 Å². The molecule has 9 heteroatoms. The Bertz CT molecular complexity index is 1380. The summed E-state index contributed by atoms with van der Waals surface area (Å²) in [6.07, 6.45) is 1.64. The van der Waals surface area contributed by atoms with Crippen LogP contribution in [0, 0.1) is 0 Å². The number of benzene rings is 2. The monoisotopic (exact) mass is 544 g/mol. The summed E-state index contributed by atoms with van der Waals surface area (Å²) in [6.45, 7) is 6.93. The molecule has 1 atom stereocenters. The quantitative estimate of drug-likeness (QED) is 0.387. The first kappa shape index (κ1) is 29.0. The fraction of sp³-hybridized carbons (Fsp3) is 0.419. The molecule has 0 fully saturated rings. The molecule has 0 saturated carbocycles. The molecule has 1 aliphatic rings. The lowest BCUT2D eigenvalue weighted by atomic mass is 10.0. The zero-order valence-corrected chi connectivity index (χ0v) is 24.3. The van der Waals surface area contributed by atoms with Crippen molar-refractivity contribution in [2.24, 2.45) is 7.05 Å². The van der Waals surface area contributed by atoms with Gasteiger partial charge in [-0.15, -0.1) is 0 Å². The molecule has 0 bridgehead atoms. The number of nitrogens with zero attached hydrogens (tertiary/aromatic N) is 4. The minimum Gasteiger partial charge on any atom is -0.330 e. The lowest BCUT2D eigenvalue weighted by Gasteiger charge is -2.34. The van der Waals surface area contributed by atoms with Gasteiger partial charge < -0.3 is 20.4 Å². The molecule has 2 aromatic carbocycles. The lowest BCUT2D eigenvalue weighted by molar-refractivity contribution is -0.118. The van der Waals surface area contributed by atoms with Crippen LogP contribution in [-0.4, -0.2) is 57.9 Å². The number of carbonyl (C=O) groups excluding carboxylic acids is 3. The molecular weight excluding hydrogens is 504 g/mol. The van der Waals surface area contributed by atoms with Crippen LogP contribution in [0.15, 0.2) is 54.6 Å². The van der Waals surface area contributed by atoms with Crippen molar-refractivity contribution in [3.63, 3.8) is 0 Å². The molecule has 3 aromatic rings. The average molecular weight is 545 g/mol. The van der Waals surface area contributed by atoms with Gasteiger partial charge in [-0.1, -0.05) is 49.4 Å². The fourth-order valence-electron chi connectivity index (χ4n) is 5.50. The molecule has 3 amide bonds. The summed E-state index contributed by atoms with van der Waals surface area (Å²) >= 11 is 0. The molecule has 40 heavy (non-hydrogen) atoms. The van der Waals surface area contributed by atoms with Crippen molar-refractivity contribution in [2.45, 2.75) is 58.2 Å². The maximum Gasteiger partial charge on any atom is 0.319 e. The van der Waals surface area contributed by atoms with Crippen LogP contribution in [0.3, 0.4) is 0 Å². The number of hydrogen-bond donors (Lipinski definition) is 2. The van der Waals surface area contributed by atoms with Crippen molar-refractivity contribution in [3.8, 4) is 0 Å². The third-order valence-corrected chi connectivity index (χ3v) is 7.36. The third kappa shape index (κ3) is 6.25. The Balaban J connectivity index is 1.53. The Morgan fingerprint density at radius 2 is 1.80 bits per heavy atom. The number of fused-ring (bicyclic) bond motifs is 1. The molecular formula is C31H40N6O3. The second-order valence-electron chi connectivity index (χ2n) is 11.2. The highest BCUT2D eigenvalue weighted by molar-refractivity contribution is 6.04. The summed E-state index contributed by atoms with van der Waals surface area (Å²) < 4.78 is 1.74. The van der Waals surface area contributed by atoms with E-state index in [4.69, 9.17) is 0 Å².